The molecule has 0 heterocycles. The van der Waals surface area contributed by atoms with E-state index in [1.54, 1.807) is 40.2 Å². The lowest BCUT2D eigenvalue weighted by molar-refractivity contribution is 0.0752. The zero-order chi connectivity index (χ0) is 11.6. The summed E-state index contributed by atoms with van der Waals surface area (Å²) in [4.78, 5) is 0. The van der Waals surface area contributed by atoms with Crippen molar-refractivity contribution in [3.63, 3.8) is 0 Å². The zero-order valence-corrected chi connectivity index (χ0v) is 10.9. The first-order chi connectivity index (χ1) is 6.90. The van der Waals surface area contributed by atoms with Gasteiger partial charge in [0.2, 0.25) is 0 Å². The van der Waals surface area contributed by atoms with Gasteiger partial charge in [0.1, 0.15) is 11.5 Å². The molecule has 1 rings (SSSR count). The summed E-state index contributed by atoms with van der Waals surface area (Å²) in [6.45, 7) is 3.41. The standard InChI is InChI=1S/C11H15BrO3/c1-11(2,13)8-5-7(14-3)6-9(12)10(8)15-4/h5-6,13H,1-4H3. The Morgan fingerprint density at radius 3 is 2.20 bits per heavy atom. The lowest BCUT2D eigenvalue weighted by Gasteiger charge is -2.22. The number of hydrogen-bond donors (Lipinski definition) is 1. The molecule has 0 spiro atoms. The van der Waals surface area contributed by atoms with Crippen LogP contribution in [0.2, 0.25) is 0 Å². The second-order valence-corrected chi connectivity index (χ2v) is 4.60. The molecule has 0 saturated carbocycles. The number of hydrogen-bond acceptors (Lipinski definition) is 3. The van der Waals surface area contributed by atoms with E-state index in [1.165, 1.54) is 0 Å². The Bertz CT molecular complexity index is 356. The van der Waals surface area contributed by atoms with Crippen LogP contribution in [0.25, 0.3) is 0 Å². The van der Waals surface area contributed by atoms with Crippen LogP contribution in [0.3, 0.4) is 0 Å². The second kappa shape index (κ2) is 4.41. The molecule has 4 heteroatoms. The van der Waals surface area contributed by atoms with Gasteiger partial charge in [-0.25, -0.2) is 0 Å². The van der Waals surface area contributed by atoms with Gasteiger partial charge in [-0.05, 0) is 41.9 Å². The molecule has 0 aliphatic heterocycles. The summed E-state index contributed by atoms with van der Waals surface area (Å²) in [7, 11) is 3.16. The average molecular weight is 275 g/mol. The third-order valence-corrected chi connectivity index (χ3v) is 2.71. The minimum atomic E-state index is -0.970. The number of methoxy groups -OCH3 is 2. The van der Waals surface area contributed by atoms with Crippen LogP contribution < -0.4 is 9.47 Å². The van der Waals surface area contributed by atoms with E-state index in [4.69, 9.17) is 9.47 Å². The molecule has 0 unspecified atom stereocenters. The Morgan fingerprint density at radius 1 is 1.20 bits per heavy atom. The first-order valence-corrected chi connectivity index (χ1v) is 5.34. The summed E-state index contributed by atoms with van der Waals surface area (Å²) in [5.41, 5.74) is -0.279. The Hall–Kier alpha value is -0.740. The van der Waals surface area contributed by atoms with Crippen molar-refractivity contribution in [1.82, 2.24) is 0 Å². The van der Waals surface area contributed by atoms with Crippen LogP contribution in [0.4, 0.5) is 0 Å². The summed E-state index contributed by atoms with van der Waals surface area (Å²) in [5, 5.41) is 9.99. The van der Waals surface area contributed by atoms with E-state index >= 15 is 0 Å². The molecule has 0 radical (unpaired) electrons. The fourth-order valence-corrected chi connectivity index (χ4v) is 1.95. The van der Waals surface area contributed by atoms with Crippen molar-refractivity contribution in [3.05, 3.63) is 22.2 Å². The van der Waals surface area contributed by atoms with Crippen LogP contribution in [0.15, 0.2) is 16.6 Å². The molecule has 1 N–H and O–H groups in total. The molecule has 15 heavy (non-hydrogen) atoms. The molecule has 0 amide bonds. The fraction of sp³-hybridized carbons (Fsp3) is 0.455. The Labute approximate surface area is 98.1 Å². The van der Waals surface area contributed by atoms with E-state index in [0.29, 0.717) is 17.1 Å². The molecule has 0 aromatic heterocycles. The molecular weight excluding hydrogens is 260 g/mol. The summed E-state index contributed by atoms with van der Waals surface area (Å²) >= 11 is 3.38. The molecule has 84 valence electrons. The van der Waals surface area contributed by atoms with Crippen molar-refractivity contribution in [2.45, 2.75) is 19.4 Å². The van der Waals surface area contributed by atoms with Crippen LogP contribution in [-0.4, -0.2) is 19.3 Å². The van der Waals surface area contributed by atoms with Gasteiger partial charge < -0.3 is 14.6 Å². The number of ether oxygens (including phenoxy) is 2. The van der Waals surface area contributed by atoms with Crippen LogP contribution in [0.5, 0.6) is 11.5 Å². The minimum Gasteiger partial charge on any atom is -0.497 e. The first kappa shape index (κ1) is 12.3. The highest BCUT2D eigenvalue weighted by molar-refractivity contribution is 9.10. The molecule has 0 saturated heterocycles. The highest BCUT2D eigenvalue weighted by Gasteiger charge is 2.23. The summed E-state index contributed by atoms with van der Waals surface area (Å²) in [6, 6.07) is 3.57. The normalized spacial score (nSPS) is 11.3. The fourth-order valence-electron chi connectivity index (χ4n) is 1.35. The van der Waals surface area contributed by atoms with Gasteiger partial charge in [0.05, 0.1) is 24.3 Å². The number of halogens is 1. The maximum Gasteiger partial charge on any atom is 0.139 e. The summed E-state index contributed by atoms with van der Waals surface area (Å²) in [6.07, 6.45) is 0. The third kappa shape index (κ3) is 2.63. The van der Waals surface area contributed by atoms with E-state index in [1.807, 2.05) is 0 Å². The lowest BCUT2D eigenvalue weighted by Crippen LogP contribution is -2.17. The van der Waals surface area contributed by atoms with Crippen molar-refractivity contribution in [3.8, 4) is 11.5 Å². The van der Waals surface area contributed by atoms with Crippen molar-refractivity contribution in [1.29, 1.82) is 0 Å². The number of aliphatic hydroxyl groups is 1. The third-order valence-electron chi connectivity index (χ3n) is 2.12. The maximum atomic E-state index is 9.99. The smallest absolute Gasteiger partial charge is 0.139 e. The highest BCUT2D eigenvalue weighted by atomic mass is 79.9. The zero-order valence-electron chi connectivity index (χ0n) is 9.30. The van der Waals surface area contributed by atoms with Gasteiger partial charge in [-0.1, -0.05) is 0 Å². The molecule has 0 aliphatic carbocycles. The van der Waals surface area contributed by atoms with Gasteiger partial charge in [-0.15, -0.1) is 0 Å². The van der Waals surface area contributed by atoms with Gasteiger partial charge in [-0.3, -0.25) is 0 Å². The minimum absolute atomic E-state index is 0.628. The Morgan fingerprint density at radius 2 is 1.80 bits per heavy atom. The molecule has 3 nitrogen and oxygen atoms in total. The lowest BCUT2D eigenvalue weighted by atomic mass is 9.97. The molecule has 1 aromatic carbocycles. The predicted molar refractivity (Wildman–Crippen MR) is 62.5 cm³/mol. The highest BCUT2D eigenvalue weighted by Crippen LogP contribution is 2.38. The topological polar surface area (TPSA) is 38.7 Å². The monoisotopic (exact) mass is 274 g/mol. The van der Waals surface area contributed by atoms with E-state index in [-0.39, 0.29) is 0 Å². The average Bonchev–Trinajstić information content (AvgIpc) is 2.15. The van der Waals surface area contributed by atoms with E-state index in [0.717, 1.165) is 4.47 Å². The van der Waals surface area contributed by atoms with Gasteiger partial charge in [0.25, 0.3) is 0 Å². The van der Waals surface area contributed by atoms with Crippen LogP contribution in [-0.2, 0) is 5.60 Å². The van der Waals surface area contributed by atoms with Gasteiger partial charge in [0, 0.05) is 5.56 Å². The summed E-state index contributed by atoms with van der Waals surface area (Å²) in [5.74, 6) is 1.31. The quantitative estimate of drug-likeness (QED) is 0.921. The van der Waals surface area contributed by atoms with Crippen molar-refractivity contribution in [2.75, 3.05) is 14.2 Å². The molecule has 0 aliphatic rings. The maximum absolute atomic E-state index is 9.99. The van der Waals surface area contributed by atoms with Crippen LogP contribution in [0, 0.1) is 0 Å². The van der Waals surface area contributed by atoms with Gasteiger partial charge >= 0.3 is 0 Å². The van der Waals surface area contributed by atoms with Crippen molar-refractivity contribution >= 4 is 15.9 Å². The van der Waals surface area contributed by atoms with E-state index < -0.39 is 5.60 Å². The van der Waals surface area contributed by atoms with Crippen LogP contribution >= 0.6 is 15.9 Å². The largest absolute Gasteiger partial charge is 0.497 e. The van der Waals surface area contributed by atoms with Crippen LogP contribution in [0.1, 0.15) is 19.4 Å². The molecule has 0 atom stereocenters. The second-order valence-electron chi connectivity index (χ2n) is 3.75. The van der Waals surface area contributed by atoms with Crippen molar-refractivity contribution < 1.29 is 14.6 Å². The van der Waals surface area contributed by atoms with E-state index in [9.17, 15) is 5.11 Å². The number of rotatable bonds is 3. The molecular formula is C11H15BrO3. The summed E-state index contributed by atoms with van der Waals surface area (Å²) < 4.78 is 11.1. The predicted octanol–water partition coefficient (Wildman–Crippen LogP) is 2.69. The Kier molecular flexibility index (Phi) is 3.62. The SMILES string of the molecule is COc1cc(Br)c(OC)c(C(C)(C)O)c1. The number of benzene rings is 1. The van der Waals surface area contributed by atoms with Gasteiger partial charge in [-0.2, -0.15) is 0 Å². The van der Waals surface area contributed by atoms with Gasteiger partial charge in [0.15, 0.2) is 0 Å². The van der Waals surface area contributed by atoms with Crippen molar-refractivity contribution in [2.24, 2.45) is 0 Å². The first-order valence-electron chi connectivity index (χ1n) is 4.54. The molecule has 0 bridgehead atoms. The Balaban J connectivity index is 3.39. The van der Waals surface area contributed by atoms with E-state index in [2.05, 4.69) is 15.9 Å². The molecule has 0 fully saturated rings. The molecule has 1 aromatic rings.